The van der Waals surface area contributed by atoms with Gasteiger partial charge in [0.1, 0.15) is 11.5 Å². The zero-order valence-electron chi connectivity index (χ0n) is 11.0. The molecule has 104 valence electrons. The molecule has 0 atom stereocenters. The molecule has 1 aliphatic carbocycles. The Labute approximate surface area is 112 Å². The van der Waals surface area contributed by atoms with Crippen molar-refractivity contribution in [2.75, 3.05) is 13.7 Å². The Bertz CT molecular complexity index is 412. The van der Waals surface area contributed by atoms with Crippen LogP contribution in [-0.4, -0.2) is 36.9 Å². The molecule has 0 radical (unpaired) electrons. The van der Waals surface area contributed by atoms with Crippen LogP contribution in [0.5, 0.6) is 11.5 Å². The van der Waals surface area contributed by atoms with E-state index in [1.54, 1.807) is 19.2 Å². The summed E-state index contributed by atoms with van der Waals surface area (Å²) < 4.78 is 10.5. The molecule has 2 rings (SSSR count). The Kier molecular flexibility index (Phi) is 4.63. The van der Waals surface area contributed by atoms with Gasteiger partial charge in [-0.3, -0.25) is 4.79 Å². The van der Waals surface area contributed by atoms with E-state index in [9.17, 15) is 4.79 Å². The maximum atomic E-state index is 11.6. The largest absolute Gasteiger partial charge is 0.497 e. The zero-order chi connectivity index (χ0) is 13.7. The van der Waals surface area contributed by atoms with Crippen molar-refractivity contribution < 1.29 is 19.4 Å². The molecule has 0 bridgehead atoms. The maximum absolute atomic E-state index is 11.6. The molecule has 0 saturated heterocycles. The van der Waals surface area contributed by atoms with Crippen LogP contribution in [-0.2, 0) is 4.79 Å². The van der Waals surface area contributed by atoms with Crippen LogP contribution in [0, 0.1) is 0 Å². The number of ether oxygens (including phenoxy) is 2. The van der Waals surface area contributed by atoms with Crippen LogP contribution >= 0.6 is 0 Å². The van der Waals surface area contributed by atoms with Crippen molar-refractivity contribution in [2.45, 2.75) is 31.4 Å². The molecule has 1 aromatic rings. The van der Waals surface area contributed by atoms with Crippen molar-refractivity contribution >= 4 is 5.91 Å². The summed E-state index contributed by atoms with van der Waals surface area (Å²) in [6.07, 6.45) is 1.38. The first-order valence-electron chi connectivity index (χ1n) is 6.41. The van der Waals surface area contributed by atoms with Crippen molar-refractivity contribution in [3.8, 4) is 11.5 Å². The summed E-state index contributed by atoms with van der Waals surface area (Å²) in [5.41, 5.74) is 0. The van der Waals surface area contributed by atoms with Crippen LogP contribution in [0.25, 0.3) is 0 Å². The van der Waals surface area contributed by atoms with Crippen molar-refractivity contribution in [1.82, 2.24) is 5.32 Å². The maximum Gasteiger partial charge on any atom is 0.223 e. The summed E-state index contributed by atoms with van der Waals surface area (Å²) in [4.78, 5) is 11.6. The number of carbonyl (C=O) groups excluding carboxylic acids is 1. The number of benzene rings is 1. The van der Waals surface area contributed by atoms with E-state index in [0.717, 1.165) is 5.75 Å². The highest BCUT2D eigenvalue weighted by atomic mass is 16.5. The van der Waals surface area contributed by atoms with E-state index in [1.807, 2.05) is 12.1 Å². The molecular formula is C14H19NO4. The lowest BCUT2D eigenvalue weighted by atomic mass is 9.89. The normalized spacial score (nSPS) is 21.4. The second kappa shape index (κ2) is 6.43. The SMILES string of the molecule is COc1ccc(OCCC(=O)NC2CC(O)C2)cc1. The van der Waals surface area contributed by atoms with Crippen molar-refractivity contribution in [1.29, 1.82) is 0 Å². The predicted octanol–water partition coefficient (Wildman–Crippen LogP) is 1.10. The lowest BCUT2D eigenvalue weighted by Crippen LogP contribution is -2.46. The summed E-state index contributed by atoms with van der Waals surface area (Å²) in [7, 11) is 1.61. The number of nitrogens with one attached hydrogen (secondary N) is 1. The average Bonchev–Trinajstić information content (AvgIpc) is 2.38. The third-order valence-corrected chi connectivity index (χ3v) is 3.14. The van der Waals surface area contributed by atoms with Gasteiger partial charge in [0.25, 0.3) is 0 Å². The number of carbonyl (C=O) groups is 1. The van der Waals surface area contributed by atoms with Gasteiger partial charge in [-0.05, 0) is 37.1 Å². The highest BCUT2D eigenvalue weighted by Crippen LogP contribution is 2.19. The summed E-state index contributed by atoms with van der Waals surface area (Å²) >= 11 is 0. The van der Waals surface area contributed by atoms with E-state index in [4.69, 9.17) is 14.6 Å². The van der Waals surface area contributed by atoms with Gasteiger partial charge in [0.15, 0.2) is 0 Å². The first-order chi connectivity index (χ1) is 9.17. The zero-order valence-corrected chi connectivity index (χ0v) is 11.0. The van der Waals surface area contributed by atoms with Gasteiger partial charge in [-0.2, -0.15) is 0 Å². The van der Waals surface area contributed by atoms with Gasteiger partial charge in [0, 0.05) is 6.04 Å². The molecule has 0 aliphatic heterocycles. The first kappa shape index (κ1) is 13.7. The van der Waals surface area contributed by atoms with Gasteiger partial charge in [0.2, 0.25) is 5.91 Å². The summed E-state index contributed by atoms with van der Waals surface area (Å²) in [5.74, 6) is 1.45. The fourth-order valence-corrected chi connectivity index (χ4v) is 1.94. The molecule has 1 saturated carbocycles. The Hall–Kier alpha value is -1.75. The monoisotopic (exact) mass is 265 g/mol. The van der Waals surface area contributed by atoms with Gasteiger partial charge < -0.3 is 19.9 Å². The second-order valence-electron chi connectivity index (χ2n) is 4.66. The Morgan fingerprint density at radius 2 is 1.95 bits per heavy atom. The highest BCUT2D eigenvalue weighted by Gasteiger charge is 2.28. The molecule has 0 spiro atoms. The molecule has 1 aliphatic rings. The average molecular weight is 265 g/mol. The molecule has 0 heterocycles. The van der Waals surface area contributed by atoms with Crippen molar-refractivity contribution in [2.24, 2.45) is 0 Å². The van der Waals surface area contributed by atoms with Gasteiger partial charge >= 0.3 is 0 Å². The third-order valence-electron chi connectivity index (χ3n) is 3.14. The van der Waals surface area contributed by atoms with Gasteiger partial charge in [-0.25, -0.2) is 0 Å². The standard InChI is InChI=1S/C14H19NO4/c1-18-12-2-4-13(5-3-12)19-7-6-14(17)15-10-8-11(16)9-10/h2-5,10-11,16H,6-9H2,1H3,(H,15,17). The topological polar surface area (TPSA) is 67.8 Å². The second-order valence-corrected chi connectivity index (χ2v) is 4.66. The van der Waals surface area contributed by atoms with Crippen LogP contribution in [0.2, 0.25) is 0 Å². The van der Waals surface area contributed by atoms with Crippen molar-refractivity contribution in [3.05, 3.63) is 24.3 Å². The van der Waals surface area contributed by atoms with Gasteiger partial charge in [-0.1, -0.05) is 0 Å². The Morgan fingerprint density at radius 1 is 1.32 bits per heavy atom. The van der Waals surface area contributed by atoms with Crippen LogP contribution in [0.4, 0.5) is 0 Å². The minimum absolute atomic E-state index is 0.0367. The van der Waals surface area contributed by atoms with E-state index in [-0.39, 0.29) is 18.1 Å². The van der Waals surface area contributed by atoms with E-state index in [0.29, 0.717) is 31.6 Å². The Balaban J connectivity index is 1.63. The molecular weight excluding hydrogens is 246 g/mol. The molecule has 1 amide bonds. The smallest absolute Gasteiger partial charge is 0.223 e. The van der Waals surface area contributed by atoms with Crippen molar-refractivity contribution in [3.63, 3.8) is 0 Å². The molecule has 0 aromatic heterocycles. The molecule has 0 unspecified atom stereocenters. The number of aliphatic hydroxyl groups is 1. The molecule has 5 nitrogen and oxygen atoms in total. The molecule has 19 heavy (non-hydrogen) atoms. The quantitative estimate of drug-likeness (QED) is 0.808. The van der Waals surface area contributed by atoms with E-state index >= 15 is 0 Å². The number of hydrogen-bond acceptors (Lipinski definition) is 4. The van der Waals surface area contributed by atoms with Crippen LogP contribution in [0.3, 0.4) is 0 Å². The van der Waals surface area contributed by atoms with E-state index in [1.165, 1.54) is 0 Å². The molecule has 2 N–H and O–H groups in total. The lowest BCUT2D eigenvalue weighted by molar-refractivity contribution is -0.123. The number of methoxy groups -OCH3 is 1. The van der Waals surface area contributed by atoms with Crippen LogP contribution in [0.1, 0.15) is 19.3 Å². The first-order valence-corrected chi connectivity index (χ1v) is 6.41. The molecule has 1 aromatic carbocycles. The van der Waals surface area contributed by atoms with Gasteiger partial charge in [0.05, 0.1) is 26.2 Å². The minimum Gasteiger partial charge on any atom is -0.497 e. The van der Waals surface area contributed by atoms with E-state index < -0.39 is 0 Å². The molecule has 1 fully saturated rings. The predicted molar refractivity (Wildman–Crippen MR) is 70.3 cm³/mol. The number of rotatable bonds is 6. The van der Waals surface area contributed by atoms with Gasteiger partial charge in [-0.15, -0.1) is 0 Å². The lowest BCUT2D eigenvalue weighted by Gasteiger charge is -2.31. The summed E-state index contributed by atoms with van der Waals surface area (Å²) in [5, 5.41) is 12.0. The minimum atomic E-state index is -0.249. The number of amides is 1. The molecule has 5 heteroatoms. The number of aliphatic hydroxyl groups excluding tert-OH is 1. The Morgan fingerprint density at radius 3 is 2.53 bits per heavy atom. The number of hydrogen-bond donors (Lipinski definition) is 2. The fourth-order valence-electron chi connectivity index (χ4n) is 1.94. The summed E-state index contributed by atoms with van der Waals surface area (Å²) in [6, 6.07) is 7.36. The fraction of sp³-hybridized carbons (Fsp3) is 0.500. The van der Waals surface area contributed by atoms with Crippen LogP contribution < -0.4 is 14.8 Å². The highest BCUT2D eigenvalue weighted by molar-refractivity contribution is 5.76. The van der Waals surface area contributed by atoms with Crippen LogP contribution in [0.15, 0.2) is 24.3 Å². The summed E-state index contributed by atoms with van der Waals surface area (Å²) in [6.45, 7) is 0.341. The third kappa shape index (κ3) is 4.13. The van der Waals surface area contributed by atoms with E-state index in [2.05, 4.69) is 5.32 Å².